The molecule has 18 heavy (non-hydrogen) atoms. The van der Waals surface area contributed by atoms with Crippen LogP contribution >= 0.6 is 11.8 Å². The monoisotopic (exact) mass is 262 g/mol. The molecule has 0 saturated heterocycles. The van der Waals surface area contributed by atoms with Crippen molar-refractivity contribution in [1.29, 1.82) is 0 Å². The van der Waals surface area contributed by atoms with E-state index < -0.39 is 0 Å². The summed E-state index contributed by atoms with van der Waals surface area (Å²) in [6.45, 7) is 9.45. The molecule has 1 aliphatic carbocycles. The highest BCUT2D eigenvalue weighted by Gasteiger charge is 2.38. The first-order valence-corrected chi connectivity index (χ1v) is 8.54. The molecule has 1 fully saturated rings. The second-order valence-corrected chi connectivity index (χ2v) is 7.95. The largest absolute Gasteiger partial charge is 0.126 e. The van der Waals surface area contributed by atoms with Gasteiger partial charge in [0, 0.05) is 5.25 Å². The molecule has 0 spiro atoms. The normalized spacial score (nSPS) is 33.8. The van der Waals surface area contributed by atoms with E-state index in [2.05, 4.69) is 39.5 Å². The van der Waals surface area contributed by atoms with Gasteiger partial charge in [-0.05, 0) is 35.5 Å². The third kappa shape index (κ3) is 3.00. The van der Waals surface area contributed by atoms with Crippen molar-refractivity contribution in [2.24, 2.45) is 17.8 Å². The molecule has 3 unspecified atom stereocenters. The number of hydrogen-bond acceptors (Lipinski definition) is 1. The van der Waals surface area contributed by atoms with Crippen molar-refractivity contribution < 1.29 is 0 Å². The maximum atomic E-state index is 6.27. The highest BCUT2D eigenvalue weighted by atomic mass is 32.2. The van der Waals surface area contributed by atoms with Gasteiger partial charge in [-0.25, -0.2) is 0 Å². The summed E-state index contributed by atoms with van der Waals surface area (Å²) < 4.78 is 0. The van der Waals surface area contributed by atoms with E-state index in [-0.39, 0.29) is 0 Å². The average molecular weight is 262 g/mol. The summed E-state index contributed by atoms with van der Waals surface area (Å²) in [6, 6.07) is 0. The van der Waals surface area contributed by atoms with Crippen LogP contribution in [0.2, 0.25) is 5.82 Å². The summed E-state index contributed by atoms with van der Waals surface area (Å²) in [4.78, 5) is 1.69. The van der Waals surface area contributed by atoms with Gasteiger partial charge in [-0.3, -0.25) is 0 Å². The molecule has 0 aromatic rings. The molecular weight excluding hydrogens is 235 g/mol. The van der Waals surface area contributed by atoms with Gasteiger partial charge in [-0.2, -0.15) is 0 Å². The van der Waals surface area contributed by atoms with E-state index >= 15 is 0 Å². The number of hydrogen-bond donors (Lipinski definition) is 0. The summed E-state index contributed by atoms with van der Waals surface area (Å²) in [7, 11) is 6.27. The van der Waals surface area contributed by atoms with Crippen molar-refractivity contribution in [3.05, 3.63) is 10.5 Å². The molecule has 0 bridgehead atoms. The van der Waals surface area contributed by atoms with Crippen molar-refractivity contribution in [1.82, 2.24) is 0 Å². The van der Waals surface area contributed by atoms with Crippen molar-refractivity contribution in [2.45, 2.75) is 70.9 Å². The van der Waals surface area contributed by atoms with Crippen LogP contribution in [0.4, 0.5) is 0 Å². The smallest absolute Gasteiger partial charge is 0.0700 e. The molecule has 3 atom stereocenters. The zero-order valence-electron chi connectivity index (χ0n) is 12.4. The minimum Gasteiger partial charge on any atom is -0.126 e. The minimum absolute atomic E-state index is 0.435. The first-order valence-electron chi connectivity index (χ1n) is 7.66. The summed E-state index contributed by atoms with van der Waals surface area (Å²) in [5.74, 6) is 2.65. The SMILES string of the molecule is [B]C1CCCCC2C(C(C)C)=C(C(C)C)SC2C1. The van der Waals surface area contributed by atoms with Gasteiger partial charge in [0.25, 0.3) is 0 Å². The lowest BCUT2D eigenvalue weighted by molar-refractivity contribution is 0.413. The molecule has 2 rings (SSSR count). The quantitative estimate of drug-likeness (QED) is 0.616. The van der Waals surface area contributed by atoms with Crippen LogP contribution < -0.4 is 0 Å². The molecule has 0 amide bonds. The highest BCUT2D eigenvalue weighted by Crippen LogP contribution is 2.53. The van der Waals surface area contributed by atoms with Gasteiger partial charge in [-0.1, -0.05) is 58.3 Å². The fourth-order valence-corrected chi connectivity index (χ4v) is 5.53. The Balaban J connectivity index is 2.24. The topological polar surface area (TPSA) is 0 Å². The zero-order chi connectivity index (χ0) is 13.3. The van der Waals surface area contributed by atoms with E-state index in [4.69, 9.17) is 7.85 Å². The Morgan fingerprint density at radius 3 is 2.33 bits per heavy atom. The molecule has 0 nitrogen and oxygen atoms in total. The maximum Gasteiger partial charge on any atom is 0.0700 e. The molecule has 2 heteroatoms. The minimum atomic E-state index is 0.435. The van der Waals surface area contributed by atoms with E-state index in [1.54, 1.807) is 10.5 Å². The van der Waals surface area contributed by atoms with Gasteiger partial charge in [0.1, 0.15) is 0 Å². The van der Waals surface area contributed by atoms with Crippen LogP contribution in [0, 0.1) is 17.8 Å². The summed E-state index contributed by atoms with van der Waals surface area (Å²) in [6.07, 6.45) is 6.56. The predicted octanol–water partition coefficient (Wildman–Crippen LogP) is 5.21. The van der Waals surface area contributed by atoms with Crippen LogP contribution in [0.1, 0.15) is 59.8 Å². The van der Waals surface area contributed by atoms with Crippen molar-refractivity contribution in [3.63, 3.8) is 0 Å². The van der Waals surface area contributed by atoms with Crippen LogP contribution in [0.5, 0.6) is 0 Å². The zero-order valence-corrected chi connectivity index (χ0v) is 13.2. The van der Waals surface area contributed by atoms with Gasteiger partial charge in [0.2, 0.25) is 0 Å². The van der Waals surface area contributed by atoms with Crippen LogP contribution in [0.15, 0.2) is 10.5 Å². The van der Waals surface area contributed by atoms with Crippen LogP contribution in [0.25, 0.3) is 0 Å². The van der Waals surface area contributed by atoms with Gasteiger partial charge in [0.05, 0.1) is 7.85 Å². The van der Waals surface area contributed by atoms with E-state index in [0.29, 0.717) is 17.7 Å². The lowest BCUT2D eigenvalue weighted by Gasteiger charge is -2.29. The number of rotatable bonds is 2. The Hall–Kier alpha value is 0.155. The molecular formula is C16H27BS. The fourth-order valence-electron chi connectivity index (χ4n) is 3.62. The summed E-state index contributed by atoms with van der Waals surface area (Å²) in [5.41, 5.74) is 1.77. The Bertz CT molecular complexity index is 319. The Morgan fingerprint density at radius 2 is 1.72 bits per heavy atom. The first kappa shape index (κ1) is 14.6. The molecule has 0 aromatic carbocycles. The number of thioether (sulfide) groups is 1. The predicted molar refractivity (Wildman–Crippen MR) is 84.2 cm³/mol. The van der Waals surface area contributed by atoms with Crippen molar-refractivity contribution >= 4 is 19.6 Å². The molecule has 2 aliphatic rings. The third-order valence-electron chi connectivity index (χ3n) is 4.43. The summed E-state index contributed by atoms with van der Waals surface area (Å²) in [5, 5.41) is 0.773. The second-order valence-electron chi connectivity index (χ2n) is 6.67. The Labute approximate surface area is 119 Å². The highest BCUT2D eigenvalue weighted by molar-refractivity contribution is 8.04. The van der Waals surface area contributed by atoms with E-state index in [9.17, 15) is 0 Å². The molecule has 1 saturated carbocycles. The standard InChI is InChI=1S/C16H27BS/c1-10(2)15-13-8-6-5-7-12(17)9-14(13)18-16(15)11(3)4/h10-14H,5-9H2,1-4H3. The van der Waals surface area contributed by atoms with Crippen LogP contribution in [-0.2, 0) is 0 Å². The third-order valence-corrected chi connectivity index (χ3v) is 6.22. The molecule has 100 valence electrons. The van der Waals surface area contributed by atoms with Gasteiger partial charge >= 0.3 is 0 Å². The van der Waals surface area contributed by atoms with Gasteiger partial charge < -0.3 is 0 Å². The van der Waals surface area contributed by atoms with E-state index in [0.717, 1.165) is 11.2 Å². The molecule has 0 N–H and O–H groups in total. The van der Waals surface area contributed by atoms with Gasteiger partial charge in [0.15, 0.2) is 0 Å². The van der Waals surface area contributed by atoms with Gasteiger partial charge in [-0.15, -0.1) is 11.8 Å². The first-order chi connectivity index (χ1) is 8.50. The molecule has 1 heterocycles. The lowest BCUT2D eigenvalue weighted by atomic mass is 9.72. The van der Waals surface area contributed by atoms with E-state index in [1.807, 2.05) is 0 Å². The van der Waals surface area contributed by atoms with Crippen molar-refractivity contribution in [2.75, 3.05) is 0 Å². The van der Waals surface area contributed by atoms with Crippen LogP contribution in [0.3, 0.4) is 0 Å². The van der Waals surface area contributed by atoms with E-state index in [1.165, 1.54) is 32.1 Å². The summed E-state index contributed by atoms with van der Waals surface area (Å²) >= 11 is 2.17. The second kappa shape index (κ2) is 6.07. The molecule has 1 aliphatic heterocycles. The maximum absolute atomic E-state index is 6.27. The Morgan fingerprint density at radius 1 is 1.06 bits per heavy atom. The number of fused-ring (bicyclic) bond motifs is 1. The fraction of sp³-hybridized carbons (Fsp3) is 0.875. The van der Waals surface area contributed by atoms with Crippen molar-refractivity contribution in [3.8, 4) is 0 Å². The number of allylic oxidation sites excluding steroid dienone is 2. The molecule has 0 aromatic heterocycles. The Kier molecular flexibility index (Phi) is 4.91. The average Bonchev–Trinajstić information content (AvgIpc) is 2.60. The lowest BCUT2D eigenvalue weighted by Crippen LogP contribution is -2.21. The van der Waals surface area contributed by atoms with Crippen LogP contribution in [-0.4, -0.2) is 13.1 Å². The molecule has 2 radical (unpaired) electrons.